The van der Waals surface area contributed by atoms with Crippen LogP contribution in [0.4, 0.5) is 0 Å². The quantitative estimate of drug-likeness (QED) is 0.340. The zero-order chi connectivity index (χ0) is 17.7. The number of aliphatic hydroxyl groups is 5. The Hall–Kier alpha value is -0.730. The normalized spacial score (nSPS) is 18.5. The lowest BCUT2D eigenvalue weighted by atomic mass is 9.76. The van der Waals surface area contributed by atoms with Crippen LogP contribution in [0, 0.1) is 10.8 Å². The standard InChI is InChI=1S/C15H31NO6/c1-14(2,3)7-15(4,5)8-16-13(22)12(21)11(20)10(19)9(18)6-17/h9-12,17-21H,6-8H2,1-5H3,(H,16,22)/t9-,10-,11+,12-/m1/s1. The molecule has 0 radical (unpaired) electrons. The Labute approximate surface area is 132 Å². The first-order valence-electron chi connectivity index (χ1n) is 7.41. The first-order valence-corrected chi connectivity index (χ1v) is 7.41. The van der Waals surface area contributed by atoms with E-state index in [9.17, 15) is 25.2 Å². The monoisotopic (exact) mass is 321 g/mol. The summed E-state index contributed by atoms with van der Waals surface area (Å²) >= 11 is 0. The molecule has 22 heavy (non-hydrogen) atoms. The first-order chi connectivity index (χ1) is 9.80. The summed E-state index contributed by atoms with van der Waals surface area (Å²) in [6.45, 7) is 9.72. The second kappa shape index (κ2) is 8.21. The van der Waals surface area contributed by atoms with Gasteiger partial charge in [-0.1, -0.05) is 34.6 Å². The smallest absolute Gasteiger partial charge is 0.251 e. The van der Waals surface area contributed by atoms with Crippen LogP contribution >= 0.6 is 0 Å². The van der Waals surface area contributed by atoms with Crippen LogP contribution in [0.25, 0.3) is 0 Å². The molecule has 0 aromatic rings. The Morgan fingerprint density at radius 3 is 1.91 bits per heavy atom. The Morgan fingerprint density at radius 2 is 1.50 bits per heavy atom. The van der Waals surface area contributed by atoms with Gasteiger partial charge in [0.1, 0.15) is 18.3 Å². The molecule has 0 unspecified atom stereocenters. The highest BCUT2D eigenvalue weighted by atomic mass is 16.4. The van der Waals surface area contributed by atoms with E-state index >= 15 is 0 Å². The molecular formula is C15H31NO6. The summed E-state index contributed by atoms with van der Waals surface area (Å²) in [7, 11) is 0. The van der Waals surface area contributed by atoms with Crippen molar-refractivity contribution in [1.82, 2.24) is 5.32 Å². The van der Waals surface area contributed by atoms with Gasteiger partial charge in [0.05, 0.1) is 6.61 Å². The van der Waals surface area contributed by atoms with E-state index < -0.39 is 36.9 Å². The highest BCUT2D eigenvalue weighted by Gasteiger charge is 2.35. The number of amides is 1. The molecule has 0 saturated carbocycles. The molecule has 0 aliphatic rings. The van der Waals surface area contributed by atoms with Gasteiger partial charge in [0, 0.05) is 6.54 Å². The number of nitrogens with one attached hydrogen (secondary N) is 1. The Bertz CT molecular complexity index is 352. The first kappa shape index (κ1) is 21.3. The molecule has 0 bridgehead atoms. The summed E-state index contributed by atoms with van der Waals surface area (Å²) in [5.41, 5.74) is -0.129. The fourth-order valence-electron chi connectivity index (χ4n) is 2.61. The molecular weight excluding hydrogens is 290 g/mol. The molecule has 1 amide bonds. The average Bonchev–Trinajstić information content (AvgIpc) is 2.38. The van der Waals surface area contributed by atoms with Crippen LogP contribution in [0.1, 0.15) is 41.0 Å². The second-order valence-electron chi connectivity index (χ2n) is 7.80. The van der Waals surface area contributed by atoms with Gasteiger partial charge in [-0.2, -0.15) is 0 Å². The summed E-state index contributed by atoms with van der Waals surface area (Å²) in [5, 5.41) is 49.3. The molecule has 7 nitrogen and oxygen atoms in total. The van der Waals surface area contributed by atoms with Crippen molar-refractivity contribution >= 4 is 5.91 Å². The van der Waals surface area contributed by atoms with E-state index in [4.69, 9.17) is 5.11 Å². The minimum absolute atomic E-state index is 0.0772. The molecule has 4 atom stereocenters. The maximum absolute atomic E-state index is 11.8. The van der Waals surface area contributed by atoms with Gasteiger partial charge in [-0.05, 0) is 17.3 Å². The Morgan fingerprint density at radius 1 is 1.00 bits per heavy atom. The molecule has 0 aromatic heterocycles. The fourth-order valence-corrected chi connectivity index (χ4v) is 2.61. The summed E-state index contributed by atoms with van der Waals surface area (Å²) in [5.74, 6) is -0.835. The number of rotatable bonds is 8. The maximum atomic E-state index is 11.8. The van der Waals surface area contributed by atoms with Crippen molar-refractivity contribution in [2.24, 2.45) is 10.8 Å². The summed E-state index contributed by atoms with van der Waals surface area (Å²) in [6, 6.07) is 0. The van der Waals surface area contributed by atoms with Crippen LogP contribution in [0.5, 0.6) is 0 Å². The highest BCUT2D eigenvalue weighted by molar-refractivity contribution is 5.81. The maximum Gasteiger partial charge on any atom is 0.251 e. The van der Waals surface area contributed by atoms with Crippen molar-refractivity contribution in [3.63, 3.8) is 0 Å². The van der Waals surface area contributed by atoms with Gasteiger partial charge in [-0.3, -0.25) is 4.79 Å². The van der Waals surface area contributed by atoms with Gasteiger partial charge < -0.3 is 30.8 Å². The Balaban J connectivity index is 4.54. The summed E-state index contributed by atoms with van der Waals surface area (Å²) in [6.07, 6.45) is -6.37. The lowest BCUT2D eigenvalue weighted by Crippen LogP contribution is -2.52. The van der Waals surface area contributed by atoms with Crippen LogP contribution < -0.4 is 5.32 Å². The number of hydrogen-bond donors (Lipinski definition) is 6. The molecule has 0 aromatic carbocycles. The lowest BCUT2D eigenvalue weighted by molar-refractivity contribution is -0.149. The van der Waals surface area contributed by atoms with E-state index in [0.29, 0.717) is 6.54 Å². The number of carbonyl (C=O) groups is 1. The largest absolute Gasteiger partial charge is 0.394 e. The van der Waals surface area contributed by atoms with Crippen molar-refractivity contribution in [2.45, 2.75) is 65.5 Å². The number of hydrogen-bond acceptors (Lipinski definition) is 6. The van der Waals surface area contributed by atoms with Gasteiger partial charge in [0.2, 0.25) is 0 Å². The molecule has 0 aliphatic carbocycles. The third-order valence-electron chi connectivity index (χ3n) is 3.27. The van der Waals surface area contributed by atoms with Crippen molar-refractivity contribution < 1.29 is 30.3 Å². The van der Waals surface area contributed by atoms with E-state index in [1.54, 1.807) is 0 Å². The van der Waals surface area contributed by atoms with Crippen LogP contribution in [0.3, 0.4) is 0 Å². The molecule has 0 saturated heterocycles. The Kier molecular flexibility index (Phi) is 7.94. The van der Waals surface area contributed by atoms with Crippen molar-refractivity contribution in [3.8, 4) is 0 Å². The van der Waals surface area contributed by atoms with Crippen molar-refractivity contribution in [1.29, 1.82) is 0 Å². The molecule has 7 heteroatoms. The zero-order valence-electron chi connectivity index (χ0n) is 14.1. The van der Waals surface area contributed by atoms with Crippen LogP contribution in [0.15, 0.2) is 0 Å². The number of aliphatic hydroxyl groups excluding tert-OH is 5. The summed E-state index contributed by atoms with van der Waals surface area (Å²) in [4.78, 5) is 11.8. The van der Waals surface area contributed by atoms with Gasteiger partial charge in [0.15, 0.2) is 6.10 Å². The van der Waals surface area contributed by atoms with Gasteiger partial charge in [-0.15, -0.1) is 0 Å². The third kappa shape index (κ3) is 7.51. The molecule has 132 valence electrons. The van der Waals surface area contributed by atoms with Crippen LogP contribution in [0.2, 0.25) is 0 Å². The minimum Gasteiger partial charge on any atom is -0.394 e. The fraction of sp³-hybridized carbons (Fsp3) is 0.933. The van der Waals surface area contributed by atoms with Crippen LogP contribution in [-0.4, -0.2) is 69.0 Å². The minimum atomic E-state index is -1.89. The average molecular weight is 321 g/mol. The zero-order valence-corrected chi connectivity index (χ0v) is 14.1. The molecule has 0 aliphatic heterocycles. The van der Waals surface area contributed by atoms with Crippen LogP contribution in [-0.2, 0) is 4.79 Å². The topological polar surface area (TPSA) is 130 Å². The van der Waals surface area contributed by atoms with Gasteiger partial charge in [-0.25, -0.2) is 0 Å². The van der Waals surface area contributed by atoms with Gasteiger partial charge >= 0.3 is 0 Å². The predicted octanol–water partition coefficient (Wildman–Crippen LogP) is -0.999. The second-order valence-corrected chi connectivity index (χ2v) is 7.80. The van der Waals surface area contributed by atoms with E-state index in [2.05, 4.69) is 26.1 Å². The molecule has 0 rings (SSSR count). The van der Waals surface area contributed by atoms with E-state index in [-0.39, 0.29) is 10.8 Å². The molecule has 0 spiro atoms. The lowest BCUT2D eigenvalue weighted by Gasteiger charge is -2.33. The SMILES string of the molecule is CC(C)(C)CC(C)(C)CNC(=O)[C@H](O)[C@@H](O)[C@H](O)[C@H](O)CO. The van der Waals surface area contributed by atoms with E-state index in [1.807, 2.05) is 13.8 Å². The predicted molar refractivity (Wildman–Crippen MR) is 82.0 cm³/mol. The van der Waals surface area contributed by atoms with E-state index in [1.165, 1.54) is 0 Å². The molecule has 6 N–H and O–H groups in total. The molecule has 0 fully saturated rings. The van der Waals surface area contributed by atoms with Crippen molar-refractivity contribution in [2.75, 3.05) is 13.2 Å². The van der Waals surface area contributed by atoms with E-state index in [0.717, 1.165) is 6.42 Å². The number of carbonyl (C=O) groups excluding carboxylic acids is 1. The van der Waals surface area contributed by atoms with Crippen molar-refractivity contribution in [3.05, 3.63) is 0 Å². The molecule has 0 heterocycles. The van der Waals surface area contributed by atoms with Gasteiger partial charge in [0.25, 0.3) is 5.91 Å². The third-order valence-corrected chi connectivity index (χ3v) is 3.27. The summed E-state index contributed by atoms with van der Waals surface area (Å²) < 4.78 is 0. The highest BCUT2D eigenvalue weighted by Crippen LogP contribution is 2.32.